The Kier molecular flexibility index (Phi) is 6.37. The van der Waals surface area contributed by atoms with Crippen molar-refractivity contribution in [3.63, 3.8) is 0 Å². The highest BCUT2D eigenvalue weighted by Crippen LogP contribution is 2.63. The fourth-order valence-corrected chi connectivity index (χ4v) is 6.00. The molecule has 0 spiro atoms. The molecule has 2 saturated carbocycles. The normalized spacial score (nSPS) is 44.4. The van der Waals surface area contributed by atoms with Crippen LogP contribution >= 0.6 is 25.3 Å². The molecule has 2 rings (SSSR count). The van der Waals surface area contributed by atoms with Crippen LogP contribution in [0.25, 0.3) is 0 Å². The number of rotatable bonds is 0. The van der Waals surface area contributed by atoms with E-state index in [4.69, 9.17) is 33.1 Å². The summed E-state index contributed by atoms with van der Waals surface area (Å²) in [6.07, 6.45) is 13.6. The van der Waals surface area contributed by atoms with Gasteiger partial charge < -0.3 is 0 Å². The molecule has 0 aromatic carbocycles. The van der Waals surface area contributed by atoms with Gasteiger partial charge in [0.1, 0.15) is 0 Å². The molecule has 126 valence electrons. The molecule has 2 aliphatic rings. The monoisotopic (exact) mass is 338 g/mol. The van der Waals surface area contributed by atoms with E-state index >= 15 is 0 Å². The van der Waals surface area contributed by atoms with Gasteiger partial charge in [0.05, 0.1) is 7.85 Å². The molecule has 0 N–H and O–H groups in total. The minimum Gasteiger partial charge on any atom is -0.176 e. The van der Waals surface area contributed by atoms with Gasteiger partial charge in [0.15, 0.2) is 0 Å². The maximum absolute atomic E-state index is 7.21. The molecule has 0 nitrogen and oxygen atoms in total. The lowest BCUT2D eigenvalue weighted by molar-refractivity contribution is 0.119. The summed E-state index contributed by atoms with van der Waals surface area (Å²) in [5, 5.41) is 0.380. The molecule has 2 radical (unpaired) electrons. The van der Waals surface area contributed by atoms with Crippen molar-refractivity contribution in [1.29, 1.82) is 0 Å². The van der Waals surface area contributed by atoms with E-state index in [9.17, 15) is 0 Å². The van der Waals surface area contributed by atoms with E-state index in [0.29, 0.717) is 11.2 Å². The maximum atomic E-state index is 7.21. The average molecular weight is 338 g/mol. The molecule has 0 heterocycles. The zero-order valence-corrected chi connectivity index (χ0v) is 16.7. The fourth-order valence-electron chi connectivity index (χ4n) is 4.94. The molecule has 0 bridgehead atoms. The Balaban J connectivity index is 2.30. The third-order valence-electron chi connectivity index (χ3n) is 6.91. The van der Waals surface area contributed by atoms with Crippen LogP contribution in [0.2, 0.25) is 5.31 Å². The third-order valence-corrected chi connectivity index (χ3v) is 8.52. The van der Waals surface area contributed by atoms with Crippen LogP contribution in [0.1, 0.15) is 91.4 Å². The van der Waals surface area contributed by atoms with Gasteiger partial charge in [0.25, 0.3) is 0 Å². The standard InChI is InChI=1S/C19H35BS2/c1-15-9-7-13-18(22)12-6-4-5-11-17(2,3)19(18,20)14-8-10-16(15)21/h15-16,21-22H,4-14H2,1-3H3. The van der Waals surface area contributed by atoms with Crippen molar-refractivity contribution in [2.75, 3.05) is 0 Å². The molecule has 22 heavy (non-hydrogen) atoms. The Morgan fingerprint density at radius 2 is 1.45 bits per heavy atom. The molecule has 0 saturated heterocycles. The van der Waals surface area contributed by atoms with Crippen LogP contribution in [0.3, 0.4) is 0 Å². The lowest BCUT2D eigenvalue weighted by Crippen LogP contribution is -2.49. The predicted molar refractivity (Wildman–Crippen MR) is 107 cm³/mol. The van der Waals surface area contributed by atoms with Crippen LogP contribution in [0.15, 0.2) is 0 Å². The summed E-state index contributed by atoms with van der Waals surface area (Å²) in [7, 11) is 7.21. The highest BCUT2D eigenvalue weighted by molar-refractivity contribution is 7.82. The molecule has 3 heteroatoms. The minimum atomic E-state index is -0.155. The molecule has 4 unspecified atom stereocenters. The van der Waals surface area contributed by atoms with E-state index in [-0.39, 0.29) is 15.5 Å². The lowest BCUT2D eigenvalue weighted by atomic mass is 9.43. The van der Waals surface area contributed by atoms with Crippen LogP contribution in [-0.2, 0) is 0 Å². The summed E-state index contributed by atoms with van der Waals surface area (Å²) >= 11 is 10.1. The van der Waals surface area contributed by atoms with E-state index in [0.717, 1.165) is 6.42 Å². The number of fused-ring (bicyclic) bond motifs is 1. The van der Waals surface area contributed by atoms with Crippen LogP contribution in [-0.4, -0.2) is 17.8 Å². The second kappa shape index (κ2) is 7.34. The first-order chi connectivity index (χ1) is 10.2. The fraction of sp³-hybridized carbons (Fsp3) is 1.00. The summed E-state index contributed by atoms with van der Waals surface area (Å²) in [6, 6.07) is 0. The minimum absolute atomic E-state index is 0.0000746. The van der Waals surface area contributed by atoms with Gasteiger partial charge in [-0.25, -0.2) is 0 Å². The first-order valence-electron chi connectivity index (χ1n) is 9.41. The Labute approximate surface area is 151 Å². The van der Waals surface area contributed by atoms with Crippen molar-refractivity contribution in [3.05, 3.63) is 0 Å². The van der Waals surface area contributed by atoms with Gasteiger partial charge in [-0.3, -0.25) is 0 Å². The Morgan fingerprint density at radius 1 is 0.864 bits per heavy atom. The second-order valence-corrected chi connectivity index (χ2v) is 10.3. The largest absolute Gasteiger partial charge is 0.176 e. The van der Waals surface area contributed by atoms with Crippen LogP contribution < -0.4 is 0 Å². The van der Waals surface area contributed by atoms with E-state index in [1.54, 1.807) is 0 Å². The van der Waals surface area contributed by atoms with Crippen molar-refractivity contribution in [1.82, 2.24) is 0 Å². The molecular formula is C19H35BS2. The first kappa shape index (κ1) is 19.1. The molecule has 0 aromatic rings. The van der Waals surface area contributed by atoms with Gasteiger partial charge in [-0.05, 0) is 48.8 Å². The summed E-state index contributed by atoms with van der Waals surface area (Å²) in [6.45, 7) is 7.16. The Morgan fingerprint density at radius 3 is 2.18 bits per heavy atom. The van der Waals surface area contributed by atoms with E-state index < -0.39 is 0 Å². The van der Waals surface area contributed by atoms with Crippen molar-refractivity contribution in [2.24, 2.45) is 11.3 Å². The van der Waals surface area contributed by atoms with E-state index in [1.807, 2.05) is 0 Å². The molecule has 2 fully saturated rings. The van der Waals surface area contributed by atoms with E-state index in [2.05, 4.69) is 20.8 Å². The highest BCUT2D eigenvalue weighted by atomic mass is 32.1. The highest BCUT2D eigenvalue weighted by Gasteiger charge is 2.52. The summed E-state index contributed by atoms with van der Waals surface area (Å²) in [5.41, 5.74) is 0.173. The van der Waals surface area contributed by atoms with Crippen molar-refractivity contribution in [3.8, 4) is 0 Å². The Bertz CT molecular complexity index is 370. The van der Waals surface area contributed by atoms with Crippen molar-refractivity contribution >= 4 is 33.1 Å². The SMILES string of the molecule is [B]C12CCCC(S)C(C)CCCC1(S)CCCCCC2(C)C. The predicted octanol–water partition coefficient (Wildman–Crippen LogP) is 6.26. The molecule has 4 atom stereocenters. The summed E-state index contributed by atoms with van der Waals surface area (Å²) in [5.74, 6) is 0.715. The van der Waals surface area contributed by atoms with Crippen molar-refractivity contribution in [2.45, 2.75) is 107 Å². The molecule has 0 aromatic heterocycles. The first-order valence-corrected chi connectivity index (χ1v) is 10.4. The zero-order valence-electron chi connectivity index (χ0n) is 14.9. The van der Waals surface area contributed by atoms with Gasteiger partial charge in [-0.15, -0.1) is 0 Å². The number of thiol groups is 2. The lowest BCUT2D eigenvalue weighted by Gasteiger charge is -2.58. The van der Waals surface area contributed by atoms with Gasteiger partial charge in [-0.1, -0.05) is 59.3 Å². The van der Waals surface area contributed by atoms with Crippen molar-refractivity contribution < 1.29 is 0 Å². The van der Waals surface area contributed by atoms with Crippen LogP contribution in [0.5, 0.6) is 0 Å². The van der Waals surface area contributed by atoms with Gasteiger partial charge in [0, 0.05) is 10.00 Å². The van der Waals surface area contributed by atoms with Gasteiger partial charge in [-0.2, -0.15) is 25.3 Å². The maximum Gasteiger partial charge on any atom is 0.0772 e. The molecular weight excluding hydrogens is 303 g/mol. The third kappa shape index (κ3) is 3.71. The number of hydrogen-bond donors (Lipinski definition) is 2. The molecule has 0 aliphatic heterocycles. The summed E-state index contributed by atoms with van der Waals surface area (Å²) in [4.78, 5) is 0. The quantitative estimate of drug-likeness (QED) is 0.378. The average Bonchev–Trinajstić information content (AvgIpc) is 2.44. The van der Waals surface area contributed by atoms with Gasteiger partial charge >= 0.3 is 0 Å². The summed E-state index contributed by atoms with van der Waals surface area (Å²) < 4.78 is 0.0000746. The van der Waals surface area contributed by atoms with E-state index in [1.165, 1.54) is 64.2 Å². The second-order valence-electron chi connectivity index (χ2n) is 8.78. The Hall–Kier alpha value is 0.765. The zero-order chi connectivity index (χ0) is 16.4. The van der Waals surface area contributed by atoms with Crippen LogP contribution in [0.4, 0.5) is 0 Å². The topological polar surface area (TPSA) is 0 Å². The van der Waals surface area contributed by atoms with Crippen LogP contribution in [0, 0.1) is 11.3 Å². The molecule has 0 amide bonds. The smallest absolute Gasteiger partial charge is 0.0772 e. The van der Waals surface area contributed by atoms with Gasteiger partial charge in [0.2, 0.25) is 0 Å². The number of hydrogen-bond acceptors (Lipinski definition) is 2. The molecule has 2 aliphatic carbocycles.